The number of nitrogens with zero attached hydrogens (tertiary/aromatic N) is 1. The Labute approximate surface area is 92.5 Å². The maximum absolute atomic E-state index is 5.33. The highest BCUT2D eigenvalue weighted by Gasteiger charge is 1.86. The molecule has 0 aromatic heterocycles. The Morgan fingerprint density at radius 3 is 2.80 bits per heavy atom. The number of hydrogen-bond donors (Lipinski definition) is 0. The van der Waals surface area contributed by atoms with Crippen LogP contribution < -0.4 is 0 Å². The van der Waals surface area contributed by atoms with Gasteiger partial charge in [0.25, 0.3) is 0 Å². The first kappa shape index (κ1) is 14.1. The molecule has 3 heteroatoms. The molecule has 0 aliphatic heterocycles. The fourth-order valence-corrected chi connectivity index (χ4v) is 0.837. The Kier molecular flexibility index (Phi) is 10.5. The molecule has 0 N–H and O–H groups in total. The molecule has 0 radical (unpaired) electrons. The minimum Gasteiger partial charge on any atom is -0.385 e. The molecule has 0 aliphatic carbocycles. The predicted molar refractivity (Wildman–Crippen MR) is 64.6 cm³/mol. The van der Waals surface area contributed by atoms with Crippen molar-refractivity contribution in [1.29, 1.82) is 0 Å². The van der Waals surface area contributed by atoms with Gasteiger partial charge in [0.15, 0.2) is 0 Å². The zero-order valence-electron chi connectivity index (χ0n) is 9.74. The van der Waals surface area contributed by atoms with Gasteiger partial charge in [0, 0.05) is 26.5 Å². The van der Waals surface area contributed by atoms with Crippen LogP contribution in [0.1, 0.15) is 13.3 Å². The second-order valence-electron chi connectivity index (χ2n) is 3.13. The molecule has 15 heavy (non-hydrogen) atoms. The summed E-state index contributed by atoms with van der Waals surface area (Å²) in [4.78, 5) is 4.17. The van der Waals surface area contributed by atoms with Gasteiger partial charge >= 0.3 is 0 Å². The summed E-state index contributed by atoms with van der Waals surface area (Å²) in [5, 5.41) is 0. The highest BCUT2D eigenvalue weighted by molar-refractivity contribution is 5.72. The molecule has 0 atom stereocenters. The maximum atomic E-state index is 5.33. The van der Waals surface area contributed by atoms with Gasteiger partial charge in [-0.05, 0) is 19.4 Å². The fraction of sp³-hybridized carbons (Fsp3) is 0.583. The van der Waals surface area contributed by atoms with Crippen LogP contribution in [0, 0.1) is 0 Å². The Morgan fingerprint density at radius 1 is 1.33 bits per heavy atom. The Balaban J connectivity index is 3.27. The highest BCUT2D eigenvalue weighted by Crippen LogP contribution is 1.89. The number of aliphatic imine (C=N–C) groups is 1. The van der Waals surface area contributed by atoms with E-state index in [1.165, 1.54) is 0 Å². The average Bonchev–Trinajstić information content (AvgIpc) is 2.26. The Hall–Kier alpha value is -0.930. The topological polar surface area (TPSA) is 30.8 Å². The van der Waals surface area contributed by atoms with E-state index >= 15 is 0 Å². The van der Waals surface area contributed by atoms with Crippen molar-refractivity contribution in [2.24, 2.45) is 4.99 Å². The van der Waals surface area contributed by atoms with E-state index in [4.69, 9.17) is 9.47 Å². The summed E-state index contributed by atoms with van der Waals surface area (Å²) < 4.78 is 10.2. The zero-order valence-corrected chi connectivity index (χ0v) is 9.74. The van der Waals surface area contributed by atoms with E-state index in [0.717, 1.165) is 25.2 Å². The minimum atomic E-state index is 0.668. The third kappa shape index (κ3) is 11.0. The van der Waals surface area contributed by atoms with Crippen molar-refractivity contribution in [3.63, 3.8) is 0 Å². The van der Waals surface area contributed by atoms with E-state index in [1.807, 2.05) is 13.0 Å². The molecule has 3 nitrogen and oxygen atoms in total. The van der Waals surface area contributed by atoms with Gasteiger partial charge in [-0.25, -0.2) is 0 Å². The quantitative estimate of drug-likeness (QED) is 0.333. The molecule has 0 saturated heterocycles. The summed E-state index contributed by atoms with van der Waals surface area (Å²) >= 11 is 0. The minimum absolute atomic E-state index is 0.668. The largest absolute Gasteiger partial charge is 0.385 e. The molecule has 0 bridgehead atoms. The molecular weight excluding hydrogens is 190 g/mol. The van der Waals surface area contributed by atoms with Crippen LogP contribution in [0.5, 0.6) is 0 Å². The fourth-order valence-electron chi connectivity index (χ4n) is 0.837. The van der Waals surface area contributed by atoms with Gasteiger partial charge in [-0.3, -0.25) is 4.99 Å². The third-order valence-corrected chi connectivity index (χ3v) is 1.77. The zero-order chi connectivity index (χ0) is 11.4. The van der Waals surface area contributed by atoms with Gasteiger partial charge in [-0.2, -0.15) is 0 Å². The monoisotopic (exact) mass is 211 g/mol. The summed E-state index contributed by atoms with van der Waals surface area (Å²) in [7, 11) is 1.69. The van der Waals surface area contributed by atoms with Gasteiger partial charge in [0.05, 0.1) is 13.2 Å². The summed E-state index contributed by atoms with van der Waals surface area (Å²) in [6.45, 7) is 8.50. The van der Waals surface area contributed by atoms with Crippen molar-refractivity contribution >= 4 is 6.21 Å². The standard InChI is InChI=1S/C12H21NO2/c1-4-12(2)6-7-13-8-11-15-10-5-9-14-3/h4,6-7H,1,5,8-11H2,2-3H3/b12-6-,13-7?. The van der Waals surface area contributed by atoms with Gasteiger partial charge < -0.3 is 9.47 Å². The van der Waals surface area contributed by atoms with Crippen molar-refractivity contribution < 1.29 is 9.47 Å². The first-order valence-corrected chi connectivity index (χ1v) is 5.17. The second kappa shape index (κ2) is 11.1. The first-order chi connectivity index (χ1) is 7.31. The molecule has 0 saturated carbocycles. The molecular formula is C12H21NO2. The van der Waals surface area contributed by atoms with Crippen molar-refractivity contribution in [3.8, 4) is 0 Å². The molecule has 0 fully saturated rings. The Bertz CT molecular complexity index is 210. The normalized spacial score (nSPS) is 12.3. The molecule has 86 valence electrons. The molecule has 0 unspecified atom stereocenters. The molecule has 0 amide bonds. The maximum Gasteiger partial charge on any atom is 0.0661 e. The number of allylic oxidation sites excluding steroid dienone is 3. The predicted octanol–water partition coefficient (Wildman–Crippen LogP) is 2.24. The smallest absolute Gasteiger partial charge is 0.0661 e. The van der Waals surface area contributed by atoms with E-state index < -0.39 is 0 Å². The van der Waals surface area contributed by atoms with Crippen molar-refractivity contribution in [3.05, 3.63) is 24.3 Å². The first-order valence-electron chi connectivity index (χ1n) is 5.17. The van der Waals surface area contributed by atoms with Crippen LogP contribution in [0.15, 0.2) is 29.3 Å². The third-order valence-electron chi connectivity index (χ3n) is 1.77. The van der Waals surface area contributed by atoms with Crippen LogP contribution in [0.2, 0.25) is 0 Å². The lowest BCUT2D eigenvalue weighted by molar-refractivity contribution is 0.108. The lowest BCUT2D eigenvalue weighted by Gasteiger charge is -2.00. The van der Waals surface area contributed by atoms with Crippen LogP contribution in [-0.4, -0.2) is 39.7 Å². The number of rotatable bonds is 9. The van der Waals surface area contributed by atoms with Gasteiger partial charge in [-0.15, -0.1) is 0 Å². The molecule has 0 aromatic carbocycles. The van der Waals surface area contributed by atoms with Crippen molar-refractivity contribution in [1.82, 2.24) is 0 Å². The molecule has 0 aromatic rings. The average molecular weight is 211 g/mol. The van der Waals surface area contributed by atoms with Crippen molar-refractivity contribution in [2.45, 2.75) is 13.3 Å². The lowest BCUT2D eigenvalue weighted by Crippen LogP contribution is -2.02. The van der Waals surface area contributed by atoms with Crippen LogP contribution in [0.4, 0.5) is 0 Å². The molecule has 0 heterocycles. The van der Waals surface area contributed by atoms with Crippen LogP contribution in [0.3, 0.4) is 0 Å². The van der Waals surface area contributed by atoms with Crippen molar-refractivity contribution in [2.75, 3.05) is 33.5 Å². The van der Waals surface area contributed by atoms with Crippen LogP contribution in [0.25, 0.3) is 0 Å². The number of hydrogen-bond acceptors (Lipinski definition) is 3. The molecule has 0 spiro atoms. The summed E-state index contributed by atoms with van der Waals surface area (Å²) in [5.41, 5.74) is 1.11. The van der Waals surface area contributed by atoms with Crippen LogP contribution in [-0.2, 0) is 9.47 Å². The number of ether oxygens (including phenoxy) is 2. The second-order valence-corrected chi connectivity index (χ2v) is 3.13. The SMILES string of the molecule is C=C/C(C)=C\C=NCCOCCCOC. The summed E-state index contributed by atoms with van der Waals surface area (Å²) in [6.07, 6.45) is 6.45. The lowest BCUT2D eigenvalue weighted by atomic mass is 10.3. The molecule has 0 aliphatic rings. The summed E-state index contributed by atoms with van der Waals surface area (Å²) in [6, 6.07) is 0. The van der Waals surface area contributed by atoms with Gasteiger partial charge in [-0.1, -0.05) is 18.2 Å². The van der Waals surface area contributed by atoms with Gasteiger partial charge in [0.1, 0.15) is 0 Å². The van der Waals surface area contributed by atoms with E-state index in [9.17, 15) is 0 Å². The van der Waals surface area contributed by atoms with E-state index in [2.05, 4.69) is 11.6 Å². The highest BCUT2D eigenvalue weighted by atomic mass is 16.5. The number of methoxy groups -OCH3 is 1. The van der Waals surface area contributed by atoms with E-state index in [-0.39, 0.29) is 0 Å². The van der Waals surface area contributed by atoms with Crippen LogP contribution >= 0.6 is 0 Å². The van der Waals surface area contributed by atoms with E-state index in [0.29, 0.717) is 13.2 Å². The summed E-state index contributed by atoms with van der Waals surface area (Å²) in [5.74, 6) is 0. The Morgan fingerprint density at radius 2 is 2.13 bits per heavy atom. The molecule has 0 rings (SSSR count). The van der Waals surface area contributed by atoms with E-state index in [1.54, 1.807) is 19.4 Å². The van der Waals surface area contributed by atoms with Gasteiger partial charge in [0.2, 0.25) is 0 Å².